The summed E-state index contributed by atoms with van der Waals surface area (Å²) in [7, 11) is 1.77. The van der Waals surface area contributed by atoms with Crippen molar-refractivity contribution >= 4 is 53.1 Å². The maximum Gasteiger partial charge on any atom is 0.226 e. The van der Waals surface area contributed by atoms with Crippen molar-refractivity contribution in [1.82, 2.24) is 10.2 Å². The van der Waals surface area contributed by atoms with E-state index in [0.717, 1.165) is 44.1 Å². The van der Waals surface area contributed by atoms with Crippen LogP contribution in [0.1, 0.15) is 31.7 Å². The van der Waals surface area contributed by atoms with E-state index in [9.17, 15) is 4.79 Å². The molecule has 8 heteroatoms. The maximum atomic E-state index is 12.1. The van der Waals surface area contributed by atoms with Gasteiger partial charge in [-0.3, -0.25) is 9.79 Å². The molecule has 6 nitrogen and oxygen atoms in total. The highest BCUT2D eigenvalue weighted by molar-refractivity contribution is 14.0. The van der Waals surface area contributed by atoms with Crippen molar-refractivity contribution in [3.05, 3.63) is 28.8 Å². The minimum absolute atomic E-state index is 0. The third-order valence-electron chi connectivity index (χ3n) is 4.39. The standard InChI is InChI=1S/C19H29ClN4O2.HI/c1-4-26-15-8-11-24(12-9-15)19(21-3)22-10-7-18(25)23-17-6-5-14(2)13-16(17)20;/h5-6,13,15H,4,7-12H2,1-3H3,(H,21,22)(H,23,25);1H. The molecule has 0 saturated carbocycles. The van der Waals surface area contributed by atoms with Crippen LogP contribution in [-0.4, -0.2) is 56.2 Å². The van der Waals surface area contributed by atoms with Crippen LogP contribution in [0.5, 0.6) is 0 Å². The molecule has 1 aliphatic heterocycles. The highest BCUT2D eigenvalue weighted by Crippen LogP contribution is 2.22. The van der Waals surface area contributed by atoms with E-state index in [1.165, 1.54) is 0 Å². The lowest BCUT2D eigenvalue weighted by Gasteiger charge is -2.34. The first-order chi connectivity index (χ1) is 12.5. The number of hydrogen-bond acceptors (Lipinski definition) is 3. The third-order valence-corrected chi connectivity index (χ3v) is 4.70. The average molecular weight is 509 g/mol. The normalized spacial score (nSPS) is 15.3. The van der Waals surface area contributed by atoms with E-state index in [1.54, 1.807) is 7.05 Å². The summed E-state index contributed by atoms with van der Waals surface area (Å²) in [6.45, 7) is 7.10. The molecular formula is C19H30ClIN4O2. The highest BCUT2D eigenvalue weighted by atomic mass is 127. The summed E-state index contributed by atoms with van der Waals surface area (Å²) in [6, 6.07) is 5.58. The fourth-order valence-corrected chi connectivity index (χ4v) is 3.31. The summed E-state index contributed by atoms with van der Waals surface area (Å²) >= 11 is 6.15. The minimum atomic E-state index is -0.0752. The number of nitrogens with one attached hydrogen (secondary N) is 2. The molecule has 0 spiro atoms. The molecule has 1 fully saturated rings. The monoisotopic (exact) mass is 508 g/mol. The van der Waals surface area contributed by atoms with Gasteiger partial charge in [0.15, 0.2) is 5.96 Å². The van der Waals surface area contributed by atoms with Gasteiger partial charge in [-0.2, -0.15) is 0 Å². The Morgan fingerprint density at radius 3 is 2.67 bits per heavy atom. The number of piperidine rings is 1. The first-order valence-electron chi connectivity index (χ1n) is 9.16. The number of halogens is 2. The van der Waals surface area contributed by atoms with Crippen molar-refractivity contribution in [1.29, 1.82) is 0 Å². The molecule has 1 aromatic rings. The largest absolute Gasteiger partial charge is 0.378 e. The molecule has 0 bridgehead atoms. The SMILES string of the molecule is CCOC1CCN(C(=NC)NCCC(=O)Nc2ccc(C)cc2Cl)CC1.I. The molecule has 1 amide bonds. The van der Waals surface area contributed by atoms with Crippen molar-refractivity contribution < 1.29 is 9.53 Å². The first-order valence-corrected chi connectivity index (χ1v) is 9.54. The van der Waals surface area contributed by atoms with Crippen LogP contribution in [0, 0.1) is 6.92 Å². The summed E-state index contributed by atoms with van der Waals surface area (Å²) in [6.07, 6.45) is 2.69. The van der Waals surface area contributed by atoms with Crippen molar-refractivity contribution in [2.24, 2.45) is 4.99 Å². The van der Waals surface area contributed by atoms with Crippen LogP contribution < -0.4 is 10.6 Å². The molecule has 2 N–H and O–H groups in total. The zero-order chi connectivity index (χ0) is 18.9. The van der Waals surface area contributed by atoms with Gasteiger partial charge in [-0.15, -0.1) is 24.0 Å². The fourth-order valence-electron chi connectivity index (χ4n) is 3.02. The Kier molecular flexibility index (Phi) is 11.0. The molecule has 1 heterocycles. The zero-order valence-corrected chi connectivity index (χ0v) is 19.3. The number of aliphatic imine (C=N–C) groups is 1. The molecule has 2 rings (SSSR count). The van der Waals surface area contributed by atoms with Crippen LogP contribution in [0.3, 0.4) is 0 Å². The quantitative estimate of drug-likeness (QED) is 0.350. The van der Waals surface area contributed by atoms with Crippen molar-refractivity contribution in [3.63, 3.8) is 0 Å². The Bertz CT molecular complexity index is 634. The summed E-state index contributed by atoms with van der Waals surface area (Å²) in [5, 5.41) is 6.67. The number of hydrogen-bond donors (Lipinski definition) is 2. The average Bonchev–Trinajstić information content (AvgIpc) is 2.62. The van der Waals surface area contributed by atoms with Crippen LogP contribution in [-0.2, 0) is 9.53 Å². The van der Waals surface area contributed by atoms with E-state index in [-0.39, 0.29) is 29.9 Å². The second kappa shape index (κ2) is 12.4. The summed E-state index contributed by atoms with van der Waals surface area (Å²) < 4.78 is 5.68. The van der Waals surface area contributed by atoms with Crippen molar-refractivity contribution in [2.75, 3.05) is 38.6 Å². The van der Waals surface area contributed by atoms with E-state index in [4.69, 9.17) is 16.3 Å². The molecule has 152 valence electrons. The Morgan fingerprint density at radius 1 is 1.37 bits per heavy atom. The van der Waals surface area contributed by atoms with Crippen LogP contribution >= 0.6 is 35.6 Å². The van der Waals surface area contributed by atoms with Gasteiger partial charge < -0.3 is 20.3 Å². The Hall–Kier alpha value is -1.06. The van der Waals surface area contributed by atoms with Crippen LogP contribution in [0.4, 0.5) is 5.69 Å². The molecule has 27 heavy (non-hydrogen) atoms. The Labute approximate surface area is 184 Å². The van der Waals surface area contributed by atoms with Crippen LogP contribution in [0.25, 0.3) is 0 Å². The van der Waals surface area contributed by atoms with Crippen LogP contribution in [0.2, 0.25) is 5.02 Å². The number of likely N-dealkylation sites (tertiary alicyclic amines) is 1. The van der Waals surface area contributed by atoms with Gasteiger partial charge in [0.05, 0.1) is 16.8 Å². The van der Waals surface area contributed by atoms with E-state index in [0.29, 0.717) is 29.8 Å². The van der Waals surface area contributed by atoms with Gasteiger partial charge in [0.1, 0.15) is 0 Å². The van der Waals surface area contributed by atoms with Crippen LogP contribution in [0.15, 0.2) is 23.2 Å². The highest BCUT2D eigenvalue weighted by Gasteiger charge is 2.21. The topological polar surface area (TPSA) is 66.0 Å². The van der Waals surface area contributed by atoms with Gasteiger partial charge in [-0.1, -0.05) is 17.7 Å². The number of ether oxygens (including phenoxy) is 1. The second-order valence-electron chi connectivity index (χ2n) is 6.40. The van der Waals surface area contributed by atoms with Crippen molar-refractivity contribution in [3.8, 4) is 0 Å². The molecule has 0 aliphatic carbocycles. The summed E-state index contributed by atoms with van der Waals surface area (Å²) in [5.41, 5.74) is 1.70. The molecule has 0 aromatic heterocycles. The number of guanidine groups is 1. The lowest BCUT2D eigenvalue weighted by atomic mass is 10.1. The smallest absolute Gasteiger partial charge is 0.226 e. The van der Waals surface area contributed by atoms with E-state index < -0.39 is 0 Å². The number of anilines is 1. The zero-order valence-electron chi connectivity index (χ0n) is 16.3. The van der Waals surface area contributed by atoms with Gasteiger partial charge in [0.25, 0.3) is 0 Å². The predicted molar refractivity (Wildman–Crippen MR) is 122 cm³/mol. The van der Waals surface area contributed by atoms with Gasteiger partial charge in [-0.05, 0) is 44.4 Å². The molecule has 1 aliphatic rings. The number of rotatable bonds is 6. The van der Waals surface area contributed by atoms with Gasteiger partial charge in [-0.25, -0.2) is 0 Å². The number of benzene rings is 1. The number of aryl methyl sites for hydroxylation is 1. The molecular weight excluding hydrogens is 479 g/mol. The molecule has 1 aromatic carbocycles. The summed E-state index contributed by atoms with van der Waals surface area (Å²) in [5.74, 6) is 0.759. The fraction of sp³-hybridized carbons (Fsp3) is 0.579. The van der Waals surface area contributed by atoms with Gasteiger partial charge in [0.2, 0.25) is 5.91 Å². The predicted octanol–water partition coefficient (Wildman–Crippen LogP) is 3.67. The number of carbonyl (C=O) groups is 1. The second-order valence-corrected chi connectivity index (χ2v) is 6.80. The van der Waals surface area contributed by atoms with Crippen molar-refractivity contribution in [2.45, 2.75) is 39.2 Å². The maximum absolute atomic E-state index is 12.1. The Balaban J connectivity index is 0.00000364. The number of carbonyl (C=O) groups excluding carboxylic acids is 1. The molecule has 0 atom stereocenters. The van der Waals surface area contributed by atoms with Gasteiger partial charge >= 0.3 is 0 Å². The first kappa shape index (κ1) is 24.0. The Morgan fingerprint density at radius 2 is 2.07 bits per heavy atom. The lowest BCUT2D eigenvalue weighted by molar-refractivity contribution is -0.116. The minimum Gasteiger partial charge on any atom is -0.378 e. The van der Waals surface area contributed by atoms with Gasteiger partial charge in [0, 0.05) is 39.7 Å². The van der Waals surface area contributed by atoms with E-state index in [2.05, 4.69) is 20.5 Å². The lowest BCUT2D eigenvalue weighted by Crippen LogP contribution is -2.47. The number of nitrogens with zero attached hydrogens (tertiary/aromatic N) is 2. The summed E-state index contributed by atoms with van der Waals surface area (Å²) in [4.78, 5) is 18.7. The molecule has 0 unspecified atom stereocenters. The van der Waals surface area contributed by atoms with E-state index in [1.807, 2.05) is 32.0 Å². The number of amides is 1. The third kappa shape index (κ3) is 7.83. The molecule has 0 radical (unpaired) electrons. The molecule has 1 saturated heterocycles. The van der Waals surface area contributed by atoms with E-state index >= 15 is 0 Å².